The van der Waals surface area contributed by atoms with E-state index in [0.29, 0.717) is 51.6 Å². The molecule has 260 valence electrons. The molecule has 1 atom stereocenters. The van der Waals surface area contributed by atoms with Gasteiger partial charge in [-0.2, -0.15) is 13.2 Å². The maximum atomic E-state index is 14.0. The molecule has 4 aliphatic rings. The number of halogens is 4. The number of alkyl halides is 3. The van der Waals surface area contributed by atoms with Crippen LogP contribution in [0.4, 0.5) is 34.1 Å². The number of benzene rings is 2. The number of likely N-dealkylation sites (tertiary alicyclic amines) is 3. The van der Waals surface area contributed by atoms with E-state index in [1.165, 1.54) is 26.0 Å². The second kappa shape index (κ2) is 14.4. The Morgan fingerprint density at radius 1 is 0.958 bits per heavy atom. The fraction of sp³-hybridized carbons (Fsp3) is 0.559. The molecule has 0 radical (unpaired) electrons. The van der Waals surface area contributed by atoms with Crippen molar-refractivity contribution in [3.05, 3.63) is 58.1 Å². The zero-order valence-electron chi connectivity index (χ0n) is 27.1. The summed E-state index contributed by atoms with van der Waals surface area (Å²) in [4.78, 5) is 48.1. The minimum atomic E-state index is -4.67. The molecule has 10 nitrogen and oxygen atoms in total. The predicted octanol–water partition coefficient (Wildman–Crippen LogP) is 5.62. The smallest absolute Gasteiger partial charge is 0.386 e. The van der Waals surface area contributed by atoms with Crippen LogP contribution in [0.3, 0.4) is 0 Å². The van der Waals surface area contributed by atoms with Gasteiger partial charge in [0.1, 0.15) is 6.04 Å². The number of carbonyl (C=O) groups excluding carboxylic acids is 3. The number of nitrogens with zero attached hydrogens (tertiary/aromatic N) is 4. The highest BCUT2D eigenvalue weighted by molar-refractivity contribution is 6.33. The lowest BCUT2D eigenvalue weighted by Gasteiger charge is -2.41. The first-order valence-corrected chi connectivity index (χ1v) is 17.2. The molecule has 0 bridgehead atoms. The average molecular weight is 690 g/mol. The van der Waals surface area contributed by atoms with Crippen LogP contribution in [0.1, 0.15) is 55.2 Å². The minimum absolute atomic E-state index is 0.0645. The van der Waals surface area contributed by atoms with Crippen molar-refractivity contribution in [2.45, 2.75) is 75.8 Å². The summed E-state index contributed by atoms with van der Waals surface area (Å²) >= 11 is 6.28. The molecule has 48 heavy (non-hydrogen) atoms. The molecular weight excluding hydrogens is 647 g/mol. The zero-order valence-corrected chi connectivity index (χ0v) is 27.9. The van der Waals surface area contributed by atoms with Crippen molar-refractivity contribution in [2.24, 2.45) is 0 Å². The second-order valence-electron chi connectivity index (χ2n) is 13.2. The number of hydrogen-bond donors (Lipinski definition) is 3. The fourth-order valence-corrected chi connectivity index (χ4v) is 7.95. The van der Waals surface area contributed by atoms with Crippen LogP contribution in [0.25, 0.3) is 0 Å². The summed E-state index contributed by atoms with van der Waals surface area (Å²) in [7, 11) is 1.37. The van der Waals surface area contributed by atoms with Gasteiger partial charge in [0.25, 0.3) is 0 Å². The van der Waals surface area contributed by atoms with Crippen molar-refractivity contribution in [1.82, 2.24) is 24.9 Å². The number of anilines is 2. The zero-order chi connectivity index (χ0) is 34.0. The molecule has 3 fully saturated rings. The molecule has 3 N–H and O–H groups in total. The second-order valence-corrected chi connectivity index (χ2v) is 13.6. The van der Waals surface area contributed by atoms with Gasteiger partial charge in [0.05, 0.1) is 16.3 Å². The third-order valence-electron chi connectivity index (χ3n) is 10.2. The molecule has 0 spiro atoms. The molecule has 0 aliphatic carbocycles. The summed E-state index contributed by atoms with van der Waals surface area (Å²) < 4.78 is 41.9. The van der Waals surface area contributed by atoms with Gasteiger partial charge >= 0.3 is 18.2 Å². The summed E-state index contributed by atoms with van der Waals surface area (Å²) in [5.41, 5.74) is 0.864. The van der Waals surface area contributed by atoms with Crippen molar-refractivity contribution >= 4 is 40.9 Å². The van der Waals surface area contributed by atoms with E-state index in [1.807, 2.05) is 24.3 Å². The van der Waals surface area contributed by atoms with E-state index >= 15 is 0 Å². The lowest BCUT2D eigenvalue weighted by Crippen LogP contribution is -2.57. The van der Waals surface area contributed by atoms with Crippen LogP contribution in [0, 0.1) is 0 Å². The lowest BCUT2D eigenvalue weighted by molar-refractivity contribution is -0.137. The quantitative estimate of drug-likeness (QED) is 0.351. The van der Waals surface area contributed by atoms with Crippen LogP contribution >= 0.6 is 11.6 Å². The van der Waals surface area contributed by atoms with Crippen molar-refractivity contribution in [2.75, 3.05) is 56.9 Å². The molecule has 2 aromatic rings. The van der Waals surface area contributed by atoms with Crippen molar-refractivity contribution in [1.29, 1.82) is 0 Å². The first-order valence-electron chi connectivity index (χ1n) is 16.8. The number of rotatable bonds is 7. The van der Waals surface area contributed by atoms with Gasteiger partial charge in [-0.25, -0.2) is 9.59 Å². The first kappa shape index (κ1) is 34.2. The van der Waals surface area contributed by atoms with Gasteiger partial charge in [-0.15, -0.1) is 0 Å². The molecule has 5 amide bonds. The maximum Gasteiger partial charge on any atom is 0.418 e. The molecule has 6 rings (SSSR count). The van der Waals surface area contributed by atoms with E-state index in [1.54, 1.807) is 14.7 Å². The van der Waals surface area contributed by atoms with Crippen LogP contribution in [-0.4, -0.2) is 102 Å². The molecule has 0 saturated carbocycles. The SMILES string of the molecule is CNc1c(Cl)cc(CC(NC(=O)N2CCC(N3Cc4ccccc4NC3=O)CC2)C(=O)N2CCC(N3CCCC3)CC2)cc1C(F)(F)F. The van der Waals surface area contributed by atoms with Gasteiger partial charge in [-0.05, 0) is 80.9 Å². The fourth-order valence-electron chi connectivity index (χ4n) is 7.61. The Labute approximate surface area is 283 Å². The largest absolute Gasteiger partial charge is 0.418 e. The predicted molar refractivity (Wildman–Crippen MR) is 178 cm³/mol. The number of para-hydroxylation sites is 1. The molecule has 2 aromatic carbocycles. The number of piperidine rings is 2. The Bertz CT molecular complexity index is 1500. The summed E-state index contributed by atoms with van der Waals surface area (Å²) in [5.74, 6) is -0.316. The monoisotopic (exact) mass is 689 g/mol. The third-order valence-corrected chi connectivity index (χ3v) is 10.5. The highest BCUT2D eigenvalue weighted by atomic mass is 35.5. The van der Waals surface area contributed by atoms with E-state index < -0.39 is 23.8 Å². The Morgan fingerprint density at radius 2 is 1.60 bits per heavy atom. The molecule has 14 heteroatoms. The van der Waals surface area contributed by atoms with E-state index in [-0.39, 0.29) is 40.7 Å². The van der Waals surface area contributed by atoms with Gasteiger partial charge < -0.3 is 35.6 Å². The molecular formula is C34H43ClF3N7O3. The van der Waals surface area contributed by atoms with Crippen LogP contribution < -0.4 is 16.0 Å². The van der Waals surface area contributed by atoms with E-state index in [2.05, 4.69) is 20.9 Å². The van der Waals surface area contributed by atoms with E-state index in [4.69, 9.17) is 11.6 Å². The van der Waals surface area contributed by atoms with Crippen LogP contribution in [0.5, 0.6) is 0 Å². The summed E-state index contributed by atoms with van der Waals surface area (Å²) in [5, 5.41) is 8.23. The number of amides is 5. The number of hydrogen-bond acceptors (Lipinski definition) is 5. The highest BCUT2D eigenvalue weighted by Gasteiger charge is 2.38. The standard InChI is InChI=1S/C34H43ClF3N7O3/c1-39-30-26(34(36,37)38)18-22(19-27(30)35)20-29(31(46)43-14-8-24(9-15-43)42-12-4-5-13-42)41-32(47)44-16-10-25(11-17-44)45-21-23-6-2-3-7-28(23)40-33(45)48/h2-3,6-7,18-19,24-25,29,39H,4-5,8-17,20-21H2,1H3,(H,40,48)(H,41,47). The molecule has 3 saturated heterocycles. The van der Waals surface area contributed by atoms with Gasteiger partial charge in [0.15, 0.2) is 0 Å². The van der Waals surface area contributed by atoms with E-state index in [0.717, 1.165) is 43.2 Å². The van der Waals surface area contributed by atoms with Crippen molar-refractivity contribution in [3.8, 4) is 0 Å². The van der Waals surface area contributed by atoms with Crippen molar-refractivity contribution < 1.29 is 27.6 Å². The van der Waals surface area contributed by atoms with Crippen LogP contribution in [0.2, 0.25) is 5.02 Å². The molecule has 1 unspecified atom stereocenters. The lowest BCUT2D eigenvalue weighted by atomic mass is 9.98. The summed E-state index contributed by atoms with van der Waals surface area (Å²) in [6, 6.07) is 8.71. The molecule has 4 aliphatic heterocycles. The van der Waals surface area contributed by atoms with Gasteiger partial charge in [-0.1, -0.05) is 29.8 Å². The van der Waals surface area contributed by atoms with Gasteiger partial charge in [-0.3, -0.25) is 4.79 Å². The number of fused-ring (bicyclic) bond motifs is 1. The minimum Gasteiger partial charge on any atom is -0.386 e. The number of nitrogens with one attached hydrogen (secondary N) is 3. The summed E-state index contributed by atoms with van der Waals surface area (Å²) in [6.45, 7) is 4.38. The van der Waals surface area contributed by atoms with Crippen LogP contribution in [-0.2, 0) is 23.9 Å². The Morgan fingerprint density at radius 3 is 2.27 bits per heavy atom. The Balaban J connectivity index is 1.14. The molecule has 0 aromatic heterocycles. The number of urea groups is 2. The molecule has 4 heterocycles. The Hall–Kier alpha value is -3.71. The average Bonchev–Trinajstić information content (AvgIpc) is 3.62. The summed E-state index contributed by atoms with van der Waals surface area (Å²) in [6.07, 6.45) is 0.286. The van der Waals surface area contributed by atoms with E-state index in [9.17, 15) is 27.6 Å². The number of carbonyl (C=O) groups is 3. The van der Waals surface area contributed by atoms with Crippen molar-refractivity contribution in [3.63, 3.8) is 0 Å². The highest BCUT2D eigenvalue weighted by Crippen LogP contribution is 2.40. The topological polar surface area (TPSA) is 100 Å². The first-order chi connectivity index (χ1) is 23.0. The Kier molecular flexibility index (Phi) is 10.3. The van der Waals surface area contributed by atoms with Gasteiger partial charge in [0.2, 0.25) is 5.91 Å². The maximum absolute atomic E-state index is 14.0. The third kappa shape index (κ3) is 7.46. The van der Waals surface area contributed by atoms with Crippen LogP contribution in [0.15, 0.2) is 36.4 Å². The normalized spacial score (nSPS) is 20.4. The van der Waals surface area contributed by atoms with Gasteiger partial charge in [0, 0.05) is 64.0 Å².